The van der Waals surface area contributed by atoms with Gasteiger partial charge in [-0.1, -0.05) is 19.9 Å². The Bertz CT molecular complexity index is 634. The predicted molar refractivity (Wildman–Crippen MR) is 109 cm³/mol. The van der Waals surface area contributed by atoms with Crippen molar-refractivity contribution in [2.24, 2.45) is 5.92 Å². The summed E-state index contributed by atoms with van der Waals surface area (Å²) in [7, 11) is 0. The van der Waals surface area contributed by atoms with E-state index in [4.69, 9.17) is 5.10 Å². The van der Waals surface area contributed by atoms with Gasteiger partial charge in [-0.2, -0.15) is 16.9 Å². The third-order valence-electron chi connectivity index (χ3n) is 5.30. The Morgan fingerprint density at radius 3 is 2.88 bits per heavy atom. The lowest BCUT2D eigenvalue weighted by molar-refractivity contribution is 0.0764. The van der Waals surface area contributed by atoms with Crippen LogP contribution in [0.1, 0.15) is 48.4 Å². The lowest BCUT2D eigenvalue weighted by Crippen LogP contribution is -2.39. The van der Waals surface area contributed by atoms with E-state index >= 15 is 0 Å². The van der Waals surface area contributed by atoms with E-state index in [9.17, 15) is 4.79 Å². The lowest BCUT2D eigenvalue weighted by atomic mass is 9.90. The maximum Gasteiger partial charge on any atom is 0.274 e. The first-order chi connectivity index (χ1) is 12.6. The molecule has 26 heavy (non-hydrogen) atoms. The lowest BCUT2D eigenvalue weighted by Gasteiger charge is -2.27. The van der Waals surface area contributed by atoms with E-state index in [0.717, 1.165) is 50.4 Å². The second-order valence-electron chi connectivity index (χ2n) is 7.73. The summed E-state index contributed by atoms with van der Waals surface area (Å²) in [6.45, 7) is 11.8. The second kappa shape index (κ2) is 9.09. The molecule has 0 bridgehead atoms. The van der Waals surface area contributed by atoms with Gasteiger partial charge in [0, 0.05) is 41.9 Å². The Kier molecular flexibility index (Phi) is 6.81. The van der Waals surface area contributed by atoms with Gasteiger partial charge < -0.3 is 10.2 Å². The molecule has 1 aliphatic carbocycles. The van der Waals surface area contributed by atoms with E-state index in [-0.39, 0.29) is 5.91 Å². The van der Waals surface area contributed by atoms with E-state index in [0.29, 0.717) is 24.2 Å². The second-order valence-corrected chi connectivity index (χ2v) is 8.95. The molecule has 1 saturated heterocycles. The Hall–Kier alpha value is -1.27. The van der Waals surface area contributed by atoms with E-state index in [1.165, 1.54) is 17.7 Å². The third kappa shape index (κ3) is 4.52. The SMILES string of the molecule is C=CCn1nc(C(=O)N2CCSCC2)c2c1CCC(NCCC(C)C)C2. The summed E-state index contributed by atoms with van der Waals surface area (Å²) in [5.74, 6) is 2.89. The van der Waals surface area contributed by atoms with Crippen molar-refractivity contribution in [3.8, 4) is 0 Å². The molecule has 1 atom stereocenters. The van der Waals surface area contributed by atoms with Gasteiger partial charge >= 0.3 is 0 Å². The maximum absolute atomic E-state index is 13.1. The van der Waals surface area contributed by atoms with Crippen LogP contribution in [0.4, 0.5) is 0 Å². The standard InChI is InChI=1S/C20H32N4OS/c1-4-9-24-18-6-5-16(21-8-7-15(2)3)14-17(18)19(22-24)20(25)23-10-12-26-13-11-23/h4,15-16,21H,1,5-14H2,2-3H3. The molecule has 1 aromatic heterocycles. The Morgan fingerprint density at radius 1 is 1.42 bits per heavy atom. The van der Waals surface area contributed by atoms with E-state index < -0.39 is 0 Å². The molecule has 5 nitrogen and oxygen atoms in total. The normalized spacial score (nSPS) is 20.3. The summed E-state index contributed by atoms with van der Waals surface area (Å²) in [6, 6.07) is 0.450. The fourth-order valence-electron chi connectivity index (χ4n) is 3.80. The predicted octanol–water partition coefficient (Wildman–Crippen LogP) is 2.75. The van der Waals surface area contributed by atoms with Crippen molar-refractivity contribution in [3.63, 3.8) is 0 Å². The Labute approximate surface area is 161 Å². The molecule has 1 aliphatic heterocycles. The summed E-state index contributed by atoms with van der Waals surface area (Å²) in [5.41, 5.74) is 3.09. The maximum atomic E-state index is 13.1. The quantitative estimate of drug-likeness (QED) is 0.744. The van der Waals surface area contributed by atoms with Gasteiger partial charge in [-0.3, -0.25) is 9.48 Å². The number of carbonyl (C=O) groups is 1. The van der Waals surface area contributed by atoms with Crippen molar-refractivity contribution in [3.05, 3.63) is 29.6 Å². The average molecular weight is 377 g/mol. The van der Waals surface area contributed by atoms with Crippen LogP contribution in [0.15, 0.2) is 12.7 Å². The number of amides is 1. The number of fused-ring (bicyclic) bond motifs is 1. The molecule has 3 rings (SSSR count). The van der Waals surface area contributed by atoms with E-state index in [1.54, 1.807) is 0 Å². The molecule has 6 heteroatoms. The number of allylic oxidation sites excluding steroid dienone is 1. The fourth-order valence-corrected chi connectivity index (χ4v) is 4.70. The number of thioether (sulfide) groups is 1. The first kappa shape index (κ1) is 19.5. The minimum Gasteiger partial charge on any atom is -0.336 e. The van der Waals surface area contributed by atoms with Gasteiger partial charge in [0.15, 0.2) is 5.69 Å². The molecule has 1 amide bonds. The molecule has 0 saturated carbocycles. The summed E-state index contributed by atoms with van der Waals surface area (Å²) >= 11 is 1.92. The zero-order chi connectivity index (χ0) is 18.5. The minimum atomic E-state index is 0.118. The number of hydrogen-bond donors (Lipinski definition) is 1. The van der Waals surface area contributed by atoms with Crippen LogP contribution in [0.25, 0.3) is 0 Å². The van der Waals surface area contributed by atoms with Gasteiger partial charge in [0.25, 0.3) is 5.91 Å². The number of carbonyl (C=O) groups excluding carboxylic acids is 1. The van der Waals surface area contributed by atoms with Crippen LogP contribution in [0, 0.1) is 5.92 Å². The largest absolute Gasteiger partial charge is 0.336 e. The highest BCUT2D eigenvalue weighted by atomic mass is 32.2. The van der Waals surface area contributed by atoms with Crippen molar-refractivity contribution >= 4 is 17.7 Å². The van der Waals surface area contributed by atoms with Crippen LogP contribution in [-0.2, 0) is 19.4 Å². The number of nitrogens with zero attached hydrogens (tertiary/aromatic N) is 3. The van der Waals surface area contributed by atoms with Gasteiger partial charge in [-0.15, -0.1) is 6.58 Å². The van der Waals surface area contributed by atoms with Crippen molar-refractivity contribution in [1.82, 2.24) is 20.0 Å². The molecule has 0 spiro atoms. The number of hydrogen-bond acceptors (Lipinski definition) is 4. The number of rotatable bonds is 7. The van der Waals surface area contributed by atoms with Gasteiger partial charge in [0.1, 0.15) is 0 Å². The van der Waals surface area contributed by atoms with Gasteiger partial charge in [-0.05, 0) is 38.1 Å². The summed E-state index contributed by atoms with van der Waals surface area (Å²) in [6.07, 6.45) is 6.07. The zero-order valence-electron chi connectivity index (χ0n) is 16.2. The highest BCUT2D eigenvalue weighted by Gasteiger charge is 2.31. The van der Waals surface area contributed by atoms with Gasteiger partial charge in [-0.25, -0.2) is 0 Å². The smallest absolute Gasteiger partial charge is 0.274 e. The van der Waals surface area contributed by atoms with Crippen molar-refractivity contribution in [2.45, 2.75) is 52.1 Å². The van der Waals surface area contributed by atoms with E-state index in [1.807, 2.05) is 27.4 Å². The first-order valence-electron chi connectivity index (χ1n) is 9.90. The van der Waals surface area contributed by atoms with Crippen LogP contribution < -0.4 is 5.32 Å². The number of aromatic nitrogens is 2. The molecule has 1 aromatic rings. The molecule has 0 aromatic carbocycles. The molecular formula is C20H32N4OS. The highest BCUT2D eigenvalue weighted by Crippen LogP contribution is 2.27. The summed E-state index contributed by atoms with van der Waals surface area (Å²) < 4.78 is 2.00. The van der Waals surface area contributed by atoms with Gasteiger partial charge in [0.05, 0.1) is 6.54 Å². The molecule has 2 aliphatic rings. The van der Waals surface area contributed by atoms with Crippen molar-refractivity contribution < 1.29 is 4.79 Å². The van der Waals surface area contributed by atoms with Crippen LogP contribution in [0.2, 0.25) is 0 Å². The third-order valence-corrected chi connectivity index (χ3v) is 6.25. The number of nitrogens with one attached hydrogen (secondary N) is 1. The molecular weight excluding hydrogens is 344 g/mol. The Balaban J connectivity index is 1.77. The molecule has 2 heterocycles. The van der Waals surface area contributed by atoms with Crippen LogP contribution in [-0.4, -0.2) is 57.8 Å². The van der Waals surface area contributed by atoms with Crippen LogP contribution in [0.3, 0.4) is 0 Å². The first-order valence-corrected chi connectivity index (χ1v) is 11.1. The summed E-state index contributed by atoms with van der Waals surface area (Å²) in [5, 5.41) is 8.41. The fraction of sp³-hybridized carbons (Fsp3) is 0.700. The average Bonchev–Trinajstić information content (AvgIpc) is 3.00. The van der Waals surface area contributed by atoms with E-state index in [2.05, 4.69) is 25.7 Å². The topological polar surface area (TPSA) is 50.2 Å². The zero-order valence-corrected chi connectivity index (χ0v) is 17.0. The van der Waals surface area contributed by atoms with Gasteiger partial charge in [0.2, 0.25) is 0 Å². The van der Waals surface area contributed by atoms with Crippen molar-refractivity contribution in [2.75, 3.05) is 31.1 Å². The summed E-state index contributed by atoms with van der Waals surface area (Å²) in [4.78, 5) is 15.1. The van der Waals surface area contributed by atoms with Crippen LogP contribution >= 0.6 is 11.8 Å². The monoisotopic (exact) mass is 376 g/mol. The molecule has 1 unspecified atom stereocenters. The molecule has 1 fully saturated rings. The molecule has 144 valence electrons. The van der Waals surface area contributed by atoms with Crippen molar-refractivity contribution in [1.29, 1.82) is 0 Å². The molecule has 1 N–H and O–H groups in total. The highest BCUT2D eigenvalue weighted by molar-refractivity contribution is 7.99. The molecule has 0 radical (unpaired) electrons. The minimum absolute atomic E-state index is 0.118. The van der Waals surface area contributed by atoms with Crippen LogP contribution in [0.5, 0.6) is 0 Å². The Morgan fingerprint density at radius 2 is 2.19 bits per heavy atom.